The number of methoxy groups -OCH3 is 2. The molecule has 4 N–H and O–H groups in total. The Morgan fingerprint density at radius 2 is 1.80 bits per heavy atom. The number of hydrogen-bond donors (Lipinski definition) is 4. The summed E-state index contributed by atoms with van der Waals surface area (Å²) in [6, 6.07) is 5.73. The quantitative estimate of drug-likeness (QED) is 0.291. The zero-order chi connectivity index (χ0) is 36.9. The van der Waals surface area contributed by atoms with Gasteiger partial charge < -0.3 is 40.2 Å². The summed E-state index contributed by atoms with van der Waals surface area (Å²) in [7, 11) is 2.94. The lowest BCUT2D eigenvalue weighted by Gasteiger charge is -2.26. The zero-order valence-electron chi connectivity index (χ0n) is 29.8. The second kappa shape index (κ2) is 18.7. The number of carbonyl (C=O) groups excluding carboxylic acids is 4. The van der Waals surface area contributed by atoms with Crippen LogP contribution in [0.1, 0.15) is 72.9 Å². The molecular weight excluding hydrogens is 660 g/mol. The highest BCUT2D eigenvalue weighted by Crippen LogP contribution is 2.29. The first-order valence-electron chi connectivity index (χ1n) is 17.1. The monoisotopic (exact) mass is 708 g/mol. The van der Waals surface area contributed by atoms with Gasteiger partial charge >= 0.3 is 0 Å². The summed E-state index contributed by atoms with van der Waals surface area (Å²) in [5.41, 5.74) is 1.10. The van der Waals surface area contributed by atoms with Gasteiger partial charge in [-0.2, -0.15) is 0 Å². The lowest BCUT2D eigenvalue weighted by Crippen LogP contribution is -2.57. The highest BCUT2D eigenvalue weighted by molar-refractivity contribution is 5.99. The summed E-state index contributed by atoms with van der Waals surface area (Å²) in [4.78, 5) is 59.6. The third kappa shape index (κ3) is 10.9. The number of pyridine rings is 1. The number of carbonyl (C=O) groups is 4. The number of rotatable bonds is 6. The summed E-state index contributed by atoms with van der Waals surface area (Å²) in [5, 5.41) is 27.0. The van der Waals surface area contributed by atoms with E-state index >= 15 is 0 Å². The molecule has 0 aliphatic carbocycles. The molecule has 51 heavy (non-hydrogen) atoms. The molecule has 2 aromatic heterocycles. The van der Waals surface area contributed by atoms with Crippen molar-refractivity contribution in [2.24, 2.45) is 5.92 Å². The van der Waals surface area contributed by atoms with E-state index < -0.39 is 35.9 Å². The second-order valence-corrected chi connectivity index (χ2v) is 12.7. The minimum absolute atomic E-state index is 0.0144. The van der Waals surface area contributed by atoms with Crippen molar-refractivity contribution in [3.8, 4) is 17.4 Å². The molecule has 3 atom stereocenters. The van der Waals surface area contributed by atoms with E-state index in [2.05, 4.69) is 31.2 Å². The van der Waals surface area contributed by atoms with Crippen LogP contribution < -0.4 is 30.2 Å². The van der Waals surface area contributed by atoms with Crippen LogP contribution in [0.15, 0.2) is 42.7 Å². The summed E-state index contributed by atoms with van der Waals surface area (Å²) >= 11 is 0. The molecule has 0 unspecified atom stereocenters. The number of benzene rings is 1. The van der Waals surface area contributed by atoms with Crippen LogP contribution in [0, 0.1) is 5.92 Å². The lowest BCUT2D eigenvalue weighted by molar-refractivity contribution is -0.132. The molecule has 4 amide bonds. The van der Waals surface area contributed by atoms with Gasteiger partial charge in [0.2, 0.25) is 17.7 Å². The molecule has 0 saturated heterocycles. The average molecular weight is 709 g/mol. The van der Waals surface area contributed by atoms with Crippen LogP contribution in [0.25, 0.3) is 0 Å². The van der Waals surface area contributed by atoms with Crippen molar-refractivity contribution < 1.29 is 38.5 Å². The van der Waals surface area contributed by atoms with Crippen molar-refractivity contribution in [3.05, 3.63) is 59.5 Å². The number of aromatic nitrogens is 4. The smallest absolute Gasteiger partial charge is 0.259 e. The SMILES string of the molecule is COc1ccc2cc1OCc1cn(nn1)CCCN(C(=O)c1cccnc1OC)CCCCNC(=O)[C@H]([C@@H](C)O)NC(=O)[C@@H](CC(C)C)NC2=O. The van der Waals surface area contributed by atoms with Crippen LogP contribution in [0.5, 0.6) is 17.4 Å². The minimum atomic E-state index is -1.26. The molecule has 1 aliphatic rings. The first kappa shape index (κ1) is 38.6. The van der Waals surface area contributed by atoms with Gasteiger partial charge in [-0.1, -0.05) is 19.1 Å². The maximum Gasteiger partial charge on any atom is 0.259 e. The van der Waals surface area contributed by atoms with Crippen molar-refractivity contribution >= 4 is 23.6 Å². The fraction of sp³-hybridized carbons (Fsp3) is 0.514. The number of fused-ring (bicyclic) bond motifs is 4. The maximum absolute atomic E-state index is 13.6. The van der Waals surface area contributed by atoms with E-state index in [9.17, 15) is 24.3 Å². The third-order valence-corrected chi connectivity index (χ3v) is 8.23. The van der Waals surface area contributed by atoms with E-state index in [0.717, 1.165) is 0 Å². The number of nitrogens with zero attached hydrogens (tertiary/aromatic N) is 5. The molecule has 1 aliphatic heterocycles. The lowest BCUT2D eigenvalue weighted by atomic mass is 10.0. The van der Waals surface area contributed by atoms with Gasteiger partial charge in [0, 0.05) is 37.9 Å². The zero-order valence-corrected chi connectivity index (χ0v) is 29.8. The third-order valence-electron chi connectivity index (χ3n) is 8.23. The summed E-state index contributed by atoms with van der Waals surface area (Å²) in [6.07, 6.45) is 3.99. The number of aryl methyl sites for hydroxylation is 1. The molecule has 4 rings (SSSR count). The number of aliphatic hydroxyl groups is 1. The number of nitrogens with one attached hydrogen (secondary N) is 3. The molecule has 4 bridgehead atoms. The molecule has 0 radical (unpaired) electrons. The molecular formula is C35H48N8O8. The van der Waals surface area contributed by atoms with Gasteiger partial charge in [-0.3, -0.25) is 23.9 Å². The Hall–Kier alpha value is -5.25. The van der Waals surface area contributed by atoms with Crippen molar-refractivity contribution in [2.75, 3.05) is 33.9 Å². The molecule has 0 saturated carbocycles. The van der Waals surface area contributed by atoms with E-state index in [4.69, 9.17) is 14.2 Å². The number of hydrogen-bond acceptors (Lipinski definition) is 11. The highest BCUT2D eigenvalue weighted by Gasteiger charge is 2.30. The molecule has 1 aromatic carbocycles. The second-order valence-electron chi connectivity index (χ2n) is 12.7. The molecule has 3 aromatic rings. The number of amides is 4. The Labute approximate surface area is 297 Å². The van der Waals surface area contributed by atoms with Gasteiger partial charge in [0.15, 0.2) is 11.5 Å². The van der Waals surface area contributed by atoms with E-state index in [1.165, 1.54) is 27.2 Å². The average Bonchev–Trinajstić information content (AvgIpc) is 3.57. The Morgan fingerprint density at radius 1 is 1.02 bits per heavy atom. The van der Waals surface area contributed by atoms with Gasteiger partial charge in [0.1, 0.15) is 29.9 Å². The standard InChI is InChI=1S/C35H48N8O8/c1-22(2)18-27-32(46)39-30(23(3)44)33(47)36-13-6-7-15-42(35(48)26-10-8-14-37-34(26)50-5)16-9-17-43-20-25(40-41-43)21-51-29-19-24(31(45)38-27)11-12-28(29)49-4/h8,10-12,14,19-20,22-23,27,30,44H,6-7,9,13,15-18,21H2,1-5H3,(H,36,47)(H,38,45)(H,39,46)/t23-,27-,30+/m1/s1. The number of aliphatic hydroxyl groups excluding tert-OH is 1. The molecule has 276 valence electrons. The van der Waals surface area contributed by atoms with E-state index in [1.807, 2.05) is 13.8 Å². The van der Waals surface area contributed by atoms with Gasteiger partial charge in [0.05, 0.1) is 26.5 Å². The topological polar surface area (TPSA) is 199 Å². The normalized spacial score (nSPS) is 19.1. The Bertz CT molecular complexity index is 1650. The molecule has 0 spiro atoms. The van der Waals surface area contributed by atoms with Crippen LogP contribution in [-0.4, -0.2) is 106 Å². The molecule has 0 fully saturated rings. The van der Waals surface area contributed by atoms with E-state index in [-0.39, 0.29) is 48.6 Å². The van der Waals surface area contributed by atoms with Gasteiger partial charge in [-0.05, 0) is 68.9 Å². The summed E-state index contributed by atoms with van der Waals surface area (Å²) < 4.78 is 18.4. The summed E-state index contributed by atoms with van der Waals surface area (Å²) in [5.74, 6) is -1.04. The molecule has 3 heterocycles. The first-order valence-corrected chi connectivity index (χ1v) is 17.1. The van der Waals surface area contributed by atoms with Crippen molar-refractivity contribution in [1.82, 2.24) is 40.8 Å². The Balaban J connectivity index is 1.59. The largest absolute Gasteiger partial charge is 0.493 e. The van der Waals surface area contributed by atoms with Crippen molar-refractivity contribution in [3.63, 3.8) is 0 Å². The van der Waals surface area contributed by atoms with Crippen LogP contribution in [0.3, 0.4) is 0 Å². The van der Waals surface area contributed by atoms with Gasteiger partial charge in [-0.15, -0.1) is 5.10 Å². The van der Waals surface area contributed by atoms with E-state index in [1.54, 1.807) is 46.2 Å². The minimum Gasteiger partial charge on any atom is -0.493 e. The maximum atomic E-state index is 13.6. The fourth-order valence-electron chi connectivity index (χ4n) is 5.57. The number of ether oxygens (including phenoxy) is 3. The van der Waals surface area contributed by atoms with Crippen molar-refractivity contribution in [2.45, 2.75) is 77.8 Å². The van der Waals surface area contributed by atoms with Crippen LogP contribution in [0.2, 0.25) is 0 Å². The highest BCUT2D eigenvalue weighted by atomic mass is 16.5. The van der Waals surface area contributed by atoms with Gasteiger partial charge in [-0.25, -0.2) is 4.98 Å². The predicted octanol–water partition coefficient (Wildman–Crippen LogP) is 1.72. The van der Waals surface area contributed by atoms with Crippen molar-refractivity contribution in [1.29, 1.82) is 0 Å². The summed E-state index contributed by atoms with van der Waals surface area (Å²) in [6.45, 7) is 6.75. The van der Waals surface area contributed by atoms with Crippen LogP contribution >= 0.6 is 0 Å². The Kier molecular flexibility index (Phi) is 14.1. The fourth-order valence-corrected chi connectivity index (χ4v) is 5.57. The first-order chi connectivity index (χ1) is 24.5. The van der Waals surface area contributed by atoms with Gasteiger partial charge in [0.25, 0.3) is 11.8 Å². The Morgan fingerprint density at radius 3 is 2.53 bits per heavy atom. The molecule has 16 nitrogen and oxygen atoms in total. The van der Waals surface area contributed by atoms with E-state index in [0.29, 0.717) is 55.9 Å². The van der Waals surface area contributed by atoms with Crippen LogP contribution in [-0.2, 0) is 22.7 Å². The van der Waals surface area contributed by atoms with Crippen LogP contribution in [0.4, 0.5) is 0 Å². The molecule has 16 heteroatoms. The predicted molar refractivity (Wildman–Crippen MR) is 185 cm³/mol.